The highest BCUT2D eigenvalue weighted by Crippen LogP contribution is 2.09. The van der Waals surface area contributed by atoms with E-state index in [1.807, 2.05) is 12.1 Å². The van der Waals surface area contributed by atoms with Gasteiger partial charge in [-0.05, 0) is 29.8 Å². The molecule has 2 aromatic heterocycles. The van der Waals surface area contributed by atoms with Gasteiger partial charge in [0.2, 0.25) is 0 Å². The van der Waals surface area contributed by atoms with Crippen molar-refractivity contribution in [3.8, 4) is 0 Å². The van der Waals surface area contributed by atoms with Gasteiger partial charge in [-0.1, -0.05) is 11.6 Å². The van der Waals surface area contributed by atoms with Crippen LogP contribution in [0.15, 0.2) is 42.9 Å². The second-order valence-corrected chi connectivity index (χ2v) is 3.71. The van der Waals surface area contributed by atoms with Gasteiger partial charge in [-0.3, -0.25) is 9.78 Å². The molecule has 0 bridgehead atoms. The smallest absolute Gasteiger partial charge is 0.168 e. The molecule has 0 saturated carbocycles. The van der Waals surface area contributed by atoms with E-state index < -0.39 is 0 Å². The van der Waals surface area contributed by atoms with Crippen molar-refractivity contribution in [1.82, 2.24) is 9.97 Å². The minimum Gasteiger partial charge on any atom is -0.294 e. The van der Waals surface area contributed by atoms with E-state index in [1.54, 1.807) is 24.5 Å². The summed E-state index contributed by atoms with van der Waals surface area (Å²) in [5, 5.41) is 0.389. The third kappa shape index (κ3) is 2.64. The van der Waals surface area contributed by atoms with Gasteiger partial charge in [0, 0.05) is 30.6 Å². The number of carbonyl (C=O) groups excluding carboxylic acids is 1. The molecule has 0 amide bonds. The van der Waals surface area contributed by atoms with E-state index in [2.05, 4.69) is 9.97 Å². The fourth-order valence-corrected chi connectivity index (χ4v) is 1.44. The Labute approximate surface area is 98.1 Å². The fraction of sp³-hybridized carbons (Fsp3) is 0.0833. The van der Waals surface area contributed by atoms with Crippen molar-refractivity contribution in [3.63, 3.8) is 0 Å². The Kier molecular flexibility index (Phi) is 3.27. The third-order valence-corrected chi connectivity index (χ3v) is 2.39. The maximum atomic E-state index is 11.8. The molecule has 0 unspecified atom stereocenters. The summed E-state index contributed by atoms with van der Waals surface area (Å²) < 4.78 is 0. The Morgan fingerprint density at radius 3 is 2.56 bits per heavy atom. The second-order valence-electron chi connectivity index (χ2n) is 3.33. The fourth-order valence-electron chi connectivity index (χ4n) is 1.33. The van der Waals surface area contributed by atoms with Crippen molar-refractivity contribution in [2.75, 3.05) is 0 Å². The molecule has 0 fully saturated rings. The quantitative estimate of drug-likeness (QED) is 0.603. The zero-order chi connectivity index (χ0) is 11.4. The summed E-state index contributed by atoms with van der Waals surface area (Å²) in [4.78, 5) is 19.6. The molecule has 0 saturated heterocycles. The van der Waals surface area contributed by atoms with Gasteiger partial charge in [-0.25, -0.2) is 4.98 Å². The molecule has 4 heteroatoms. The lowest BCUT2D eigenvalue weighted by Crippen LogP contribution is -2.03. The number of pyridine rings is 2. The second kappa shape index (κ2) is 4.86. The molecule has 16 heavy (non-hydrogen) atoms. The number of Topliss-reactive ketones (excluding diaryl/α,β-unsaturated/α-hetero) is 1. The van der Waals surface area contributed by atoms with E-state index in [0.717, 1.165) is 5.56 Å². The molecule has 0 spiro atoms. The molecule has 80 valence electrons. The Balaban J connectivity index is 2.12. The third-order valence-electron chi connectivity index (χ3n) is 2.16. The Morgan fingerprint density at radius 1 is 1.19 bits per heavy atom. The van der Waals surface area contributed by atoms with Crippen molar-refractivity contribution in [3.05, 3.63) is 59.1 Å². The lowest BCUT2D eigenvalue weighted by molar-refractivity contribution is 0.0992. The van der Waals surface area contributed by atoms with Crippen molar-refractivity contribution in [1.29, 1.82) is 0 Å². The number of nitrogens with zero attached hydrogens (tertiary/aromatic N) is 2. The molecule has 2 heterocycles. The standard InChI is InChI=1S/C12H9ClN2O/c13-12-2-1-10(8-15-12)11(16)7-9-3-5-14-6-4-9/h1-6,8H,7H2. The van der Waals surface area contributed by atoms with Crippen LogP contribution in [0.3, 0.4) is 0 Å². The maximum Gasteiger partial charge on any atom is 0.168 e. The van der Waals surface area contributed by atoms with Crippen LogP contribution in [0.25, 0.3) is 0 Å². The average Bonchev–Trinajstić information content (AvgIpc) is 2.31. The van der Waals surface area contributed by atoms with Gasteiger partial charge in [-0.15, -0.1) is 0 Å². The van der Waals surface area contributed by atoms with Crippen LogP contribution in [0.1, 0.15) is 15.9 Å². The Bertz CT molecular complexity index is 482. The van der Waals surface area contributed by atoms with Gasteiger partial charge in [0.15, 0.2) is 5.78 Å². The molecule has 0 aliphatic carbocycles. The highest BCUT2D eigenvalue weighted by atomic mass is 35.5. The highest BCUT2D eigenvalue weighted by molar-refractivity contribution is 6.29. The molecular formula is C12H9ClN2O. The van der Waals surface area contributed by atoms with Crippen LogP contribution in [0.5, 0.6) is 0 Å². The first-order chi connectivity index (χ1) is 7.75. The first kappa shape index (κ1) is 10.8. The number of carbonyl (C=O) groups is 1. The summed E-state index contributed by atoms with van der Waals surface area (Å²) in [5.41, 5.74) is 1.51. The van der Waals surface area contributed by atoms with E-state index in [-0.39, 0.29) is 5.78 Å². The van der Waals surface area contributed by atoms with Crippen LogP contribution < -0.4 is 0 Å². The van der Waals surface area contributed by atoms with E-state index >= 15 is 0 Å². The number of halogens is 1. The summed E-state index contributed by atoms with van der Waals surface area (Å²) in [6, 6.07) is 6.93. The number of hydrogen-bond acceptors (Lipinski definition) is 3. The molecule has 2 aromatic rings. The molecule has 0 N–H and O–H groups in total. The van der Waals surface area contributed by atoms with Crippen LogP contribution in [0, 0.1) is 0 Å². The number of ketones is 1. The zero-order valence-electron chi connectivity index (χ0n) is 8.43. The molecule has 2 rings (SSSR count). The predicted octanol–water partition coefficient (Wildman–Crippen LogP) is 2.56. The Hall–Kier alpha value is -1.74. The van der Waals surface area contributed by atoms with Crippen molar-refractivity contribution in [2.24, 2.45) is 0 Å². The molecule has 3 nitrogen and oxygen atoms in total. The van der Waals surface area contributed by atoms with Gasteiger partial charge < -0.3 is 0 Å². The van der Waals surface area contributed by atoms with Gasteiger partial charge in [0.25, 0.3) is 0 Å². The minimum absolute atomic E-state index is 0.0235. The molecule has 0 aromatic carbocycles. The van der Waals surface area contributed by atoms with E-state index in [1.165, 1.54) is 6.20 Å². The van der Waals surface area contributed by atoms with Gasteiger partial charge >= 0.3 is 0 Å². The molecular weight excluding hydrogens is 224 g/mol. The molecule has 0 atom stereocenters. The van der Waals surface area contributed by atoms with Crippen molar-refractivity contribution < 1.29 is 4.79 Å². The number of aromatic nitrogens is 2. The summed E-state index contributed by atoms with van der Waals surface area (Å²) in [6.45, 7) is 0. The van der Waals surface area contributed by atoms with Crippen LogP contribution >= 0.6 is 11.6 Å². The van der Waals surface area contributed by atoms with Crippen molar-refractivity contribution >= 4 is 17.4 Å². The highest BCUT2D eigenvalue weighted by Gasteiger charge is 2.06. The topological polar surface area (TPSA) is 42.9 Å². The molecule has 0 aliphatic rings. The molecule has 0 radical (unpaired) electrons. The van der Waals surface area contributed by atoms with E-state index in [0.29, 0.717) is 17.1 Å². The van der Waals surface area contributed by atoms with E-state index in [9.17, 15) is 4.79 Å². The summed E-state index contributed by atoms with van der Waals surface area (Å²) in [7, 11) is 0. The van der Waals surface area contributed by atoms with Crippen LogP contribution in [-0.4, -0.2) is 15.8 Å². The predicted molar refractivity (Wildman–Crippen MR) is 61.5 cm³/mol. The lowest BCUT2D eigenvalue weighted by atomic mass is 10.1. The number of hydrogen-bond donors (Lipinski definition) is 0. The van der Waals surface area contributed by atoms with Crippen LogP contribution in [-0.2, 0) is 6.42 Å². The van der Waals surface area contributed by atoms with Crippen molar-refractivity contribution in [2.45, 2.75) is 6.42 Å². The summed E-state index contributed by atoms with van der Waals surface area (Å²) in [6.07, 6.45) is 5.18. The Morgan fingerprint density at radius 2 is 1.94 bits per heavy atom. The maximum absolute atomic E-state index is 11.8. The van der Waals surface area contributed by atoms with E-state index in [4.69, 9.17) is 11.6 Å². The van der Waals surface area contributed by atoms with Crippen LogP contribution in [0.2, 0.25) is 5.15 Å². The SMILES string of the molecule is O=C(Cc1ccncc1)c1ccc(Cl)nc1. The van der Waals surface area contributed by atoms with Gasteiger partial charge in [0.1, 0.15) is 5.15 Å². The van der Waals surface area contributed by atoms with Crippen LogP contribution in [0.4, 0.5) is 0 Å². The summed E-state index contributed by atoms with van der Waals surface area (Å²) >= 11 is 5.65. The summed E-state index contributed by atoms with van der Waals surface area (Å²) in [5.74, 6) is 0.0235. The monoisotopic (exact) mass is 232 g/mol. The lowest BCUT2D eigenvalue weighted by Gasteiger charge is -2.00. The minimum atomic E-state index is 0.0235. The van der Waals surface area contributed by atoms with Gasteiger partial charge in [-0.2, -0.15) is 0 Å². The number of rotatable bonds is 3. The average molecular weight is 233 g/mol. The molecule has 0 aliphatic heterocycles. The first-order valence-electron chi connectivity index (χ1n) is 4.79. The largest absolute Gasteiger partial charge is 0.294 e. The normalized spacial score (nSPS) is 10.1. The first-order valence-corrected chi connectivity index (χ1v) is 5.17. The zero-order valence-corrected chi connectivity index (χ0v) is 9.19. The van der Waals surface area contributed by atoms with Gasteiger partial charge in [0.05, 0.1) is 0 Å².